The summed E-state index contributed by atoms with van der Waals surface area (Å²) in [6.45, 7) is 1.17. The zero-order valence-electron chi connectivity index (χ0n) is 12.8. The zero-order chi connectivity index (χ0) is 19.6. The molecule has 2 aromatic rings. The number of ether oxygens (including phenoxy) is 1. The number of alkyl halides is 3. The van der Waals surface area contributed by atoms with Crippen molar-refractivity contribution in [1.82, 2.24) is 4.98 Å². The third-order valence-electron chi connectivity index (χ3n) is 2.97. The monoisotopic (exact) mass is 413 g/mol. The van der Waals surface area contributed by atoms with E-state index >= 15 is 0 Å². The summed E-state index contributed by atoms with van der Waals surface area (Å²) in [7, 11) is 0. The normalized spacial score (nSPS) is 12.7. The number of carboxylic acids is 1. The SMILES string of the molecule is CC(Oc1cc(F)c(Sc2ncc(C(F)(F)F)cc2Cl)c(F)c1)C(=O)O. The number of carbonyl (C=O) groups is 1. The average molecular weight is 414 g/mol. The summed E-state index contributed by atoms with van der Waals surface area (Å²) >= 11 is 6.10. The fraction of sp³-hybridized carbons (Fsp3) is 0.200. The van der Waals surface area contributed by atoms with E-state index in [4.69, 9.17) is 21.4 Å². The van der Waals surface area contributed by atoms with Gasteiger partial charge in [0.15, 0.2) is 6.10 Å². The summed E-state index contributed by atoms with van der Waals surface area (Å²) in [6.07, 6.45) is -5.50. The highest BCUT2D eigenvalue weighted by molar-refractivity contribution is 7.99. The number of halogens is 6. The topological polar surface area (TPSA) is 59.4 Å². The molecular weight excluding hydrogens is 405 g/mol. The molecule has 0 aliphatic heterocycles. The highest BCUT2D eigenvalue weighted by atomic mass is 35.5. The molecule has 0 bridgehead atoms. The van der Waals surface area contributed by atoms with Gasteiger partial charge in [-0.3, -0.25) is 0 Å². The van der Waals surface area contributed by atoms with Crippen molar-refractivity contribution in [3.05, 3.63) is 46.6 Å². The number of aliphatic carboxylic acids is 1. The van der Waals surface area contributed by atoms with E-state index in [0.717, 1.165) is 12.1 Å². The first-order chi connectivity index (χ1) is 12.0. The summed E-state index contributed by atoms with van der Waals surface area (Å²) in [4.78, 5) is 13.6. The fourth-order valence-electron chi connectivity index (χ4n) is 1.71. The van der Waals surface area contributed by atoms with Crippen molar-refractivity contribution in [3.63, 3.8) is 0 Å². The van der Waals surface area contributed by atoms with Gasteiger partial charge in [-0.05, 0) is 13.0 Å². The van der Waals surface area contributed by atoms with Crippen molar-refractivity contribution < 1.29 is 36.6 Å². The fourth-order valence-corrected chi connectivity index (χ4v) is 2.76. The van der Waals surface area contributed by atoms with E-state index in [-0.39, 0.29) is 10.8 Å². The first-order valence-corrected chi connectivity index (χ1v) is 7.97. The number of hydrogen-bond donors (Lipinski definition) is 1. The number of nitrogens with zero attached hydrogens (tertiary/aromatic N) is 1. The van der Waals surface area contributed by atoms with Crippen LogP contribution in [0, 0.1) is 11.6 Å². The Morgan fingerprint density at radius 1 is 1.27 bits per heavy atom. The maximum atomic E-state index is 14.1. The van der Waals surface area contributed by atoms with E-state index in [0.29, 0.717) is 24.0 Å². The largest absolute Gasteiger partial charge is 0.479 e. The molecule has 4 nitrogen and oxygen atoms in total. The van der Waals surface area contributed by atoms with Crippen molar-refractivity contribution in [2.75, 3.05) is 0 Å². The molecule has 1 unspecified atom stereocenters. The minimum Gasteiger partial charge on any atom is -0.479 e. The van der Waals surface area contributed by atoms with E-state index in [1.165, 1.54) is 6.92 Å². The van der Waals surface area contributed by atoms with Crippen molar-refractivity contribution in [2.45, 2.75) is 29.1 Å². The summed E-state index contributed by atoms with van der Waals surface area (Å²) in [5.41, 5.74) is -1.10. The molecule has 2 rings (SSSR count). The van der Waals surface area contributed by atoms with E-state index < -0.39 is 45.4 Å². The Kier molecular flexibility index (Phi) is 5.97. The van der Waals surface area contributed by atoms with Gasteiger partial charge in [0.1, 0.15) is 22.4 Å². The van der Waals surface area contributed by atoms with Crippen LogP contribution >= 0.6 is 23.4 Å². The molecule has 0 amide bonds. The average Bonchev–Trinajstić information content (AvgIpc) is 2.51. The molecule has 11 heteroatoms. The Bertz CT molecular complexity index is 824. The molecule has 0 fully saturated rings. The number of benzene rings is 1. The van der Waals surface area contributed by atoms with Gasteiger partial charge in [-0.2, -0.15) is 13.2 Å². The van der Waals surface area contributed by atoms with E-state index in [9.17, 15) is 26.7 Å². The minimum atomic E-state index is -4.66. The lowest BCUT2D eigenvalue weighted by atomic mass is 10.3. The summed E-state index contributed by atoms with van der Waals surface area (Å²) in [5, 5.41) is 8.06. The molecule has 1 atom stereocenters. The lowest BCUT2D eigenvalue weighted by molar-refractivity contribution is -0.144. The summed E-state index contributed by atoms with van der Waals surface area (Å²) in [5.74, 6) is -3.91. The number of hydrogen-bond acceptors (Lipinski definition) is 4. The minimum absolute atomic E-state index is 0.231. The van der Waals surface area contributed by atoms with Gasteiger partial charge < -0.3 is 9.84 Å². The van der Waals surface area contributed by atoms with Crippen molar-refractivity contribution >= 4 is 29.3 Å². The van der Waals surface area contributed by atoms with E-state index in [1.54, 1.807) is 0 Å². The Balaban J connectivity index is 2.29. The van der Waals surface area contributed by atoms with Crippen molar-refractivity contribution in [2.24, 2.45) is 0 Å². The second-order valence-electron chi connectivity index (χ2n) is 4.93. The first-order valence-electron chi connectivity index (χ1n) is 6.78. The maximum absolute atomic E-state index is 14.1. The predicted octanol–water partition coefficient (Wildman–Crippen LogP) is 5.04. The third-order valence-corrected chi connectivity index (χ3v) is 4.48. The van der Waals surface area contributed by atoms with Crippen molar-refractivity contribution in [1.29, 1.82) is 0 Å². The summed E-state index contributed by atoms with van der Waals surface area (Å²) < 4.78 is 70.8. The van der Waals surface area contributed by atoms with Crippen LogP contribution in [0.3, 0.4) is 0 Å². The molecule has 26 heavy (non-hydrogen) atoms. The molecule has 0 saturated carbocycles. The molecule has 0 radical (unpaired) electrons. The van der Waals surface area contributed by atoms with Gasteiger partial charge in [-0.1, -0.05) is 23.4 Å². The second-order valence-corrected chi connectivity index (χ2v) is 6.33. The van der Waals surface area contributed by atoms with Crippen LogP contribution in [0.15, 0.2) is 34.3 Å². The number of aromatic nitrogens is 1. The second kappa shape index (κ2) is 7.67. The molecule has 0 spiro atoms. The van der Waals surface area contributed by atoms with Gasteiger partial charge in [0.2, 0.25) is 0 Å². The van der Waals surface area contributed by atoms with Crippen LogP contribution in [0.25, 0.3) is 0 Å². The molecule has 0 saturated heterocycles. The molecule has 0 aliphatic rings. The standard InChI is InChI=1S/C15H9ClF5NO3S/c1-6(14(23)24)25-8-3-10(17)12(11(18)4-8)26-13-9(16)2-7(5-22-13)15(19,20)21/h2-6H,1H3,(H,23,24). The number of pyridine rings is 1. The highest BCUT2D eigenvalue weighted by Crippen LogP contribution is 2.39. The lowest BCUT2D eigenvalue weighted by Crippen LogP contribution is -2.23. The number of carboxylic acid groups (broad SMARTS) is 1. The first kappa shape index (κ1) is 20.2. The molecule has 0 aliphatic carbocycles. The maximum Gasteiger partial charge on any atom is 0.417 e. The Morgan fingerprint density at radius 2 is 1.85 bits per heavy atom. The molecule has 140 valence electrons. The third kappa shape index (κ3) is 4.76. The van der Waals surface area contributed by atoms with E-state index in [2.05, 4.69) is 4.98 Å². The molecular formula is C15H9ClF5NO3S. The smallest absolute Gasteiger partial charge is 0.417 e. The van der Waals surface area contributed by atoms with Crippen LogP contribution in [0.1, 0.15) is 12.5 Å². The summed E-state index contributed by atoms with van der Waals surface area (Å²) in [6, 6.07) is 2.10. The van der Waals surface area contributed by atoms with Gasteiger partial charge >= 0.3 is 12.1 Å². The number of rotatable bonds is 5. The Hall–Kier alpha value is -2.07. The highest BCUT2D eigenvalue weighted by Gasteiger charge is 2.32. The van der Waals surface area contributed by atoms with Crippen LogP contribution in [0.4, 0.5) is 22.0 Å². The van der Waals surface area contributed by atoms with Gasteiger partial charge in [-0.15, -0.1) is 0 Å². The molecule has 1 aromatic carbocycles. The van der Waals surface area contributed by atoms with Crippen LogP contribution in [-0.2, 0) is 11.0 Å². The van der Waals surface area contributed by atoms with Crippen LogP contribution in [0.2, 0.25) is 5.02 Å². The quantitative estimate of drug-likeness (QED) is 0.696. The molecule has 1 heterocycles. The van der Waals surface area contributed by atoms with Gasteiger partial charge in [0.05, 0.1) is 15.5 Å². The Morgan fingerprint density at radius 3 is 2.31 bits per heavy atom. The lowest BCUT2D eigenvalue weighted by Gasteiger charge is -2.13. The molecule has 1 N–H and O–H groups in total. The van der Waals surface area contributed by atoms with Gasteiger partial charge in [-0.25, -0.2) is 18.6 Å². The predicted molar refractivity (Wildman–Crippen MR) is 82.5 cm³/mol. The van der Waals surface area contributed by atoms with Crippen molar-refractivity contribution in [3.8, 4) is 5.75 Å². The van der Waals surface area contributed by atoms with Gasteiger partial charge in [0, 0.05) is 18.3 Å². The van der Waals surface area contributed by atoms with Gasteiger partial charge in [0.25, 0.3) is 0 Å². The molecule has 1 aromatic heterocycles. The van der Waals surface area contributed by atoms with Crippen LogP contribution in [-0.4, -0.2) is 22.2 Å². The van der Waals surface area contributed by atoms with E-state index in [1.807, 2.05) is 0 Å². The van der Waals surface area contributed by atoms with Crippen LogP contribution < -0.4 is 4.74 Å². The zero-order valence-corrected chi connectivity index (χ0v) is 14.3. The van der Waals surface area contributed by atoms with Crippen LogP contribution in [0.5, 0.6) is 5.75 Å². The Labute approximate surface area is 152 Å².